The number of fused-ring (bicyclic) bond motifs is 4. The van der Waals surface area contributed by atoms with Crippen LogP contribution < -0.4 is 9.47 Å². The number of nitrogens with zero attached hydrogens (tertiary/aromatic N) is 3. The molecule has 0 atom stereocenters. The normalized spacial score (nSPS) is 10.7. The Morgan fingerprint density at radius 3 is 1.88 bits per heavy atom. The summed E-state index contributed by atoms with van der Waals surface area (Å²) in [6.45, 7) is 0. The van der Waals surface area contributed by atoms with Crippen LogP contribution in [0.4, 0.5) is 0 Å². The van der Waals surface area contributed by atoms with E-state index in [-0.39, 0.29) is 7.43 Å². The minimum absolute atomic E-state index is 0. The van der Waals surface area contributed by atoms with Crippen LogP contribution >= 0.6 is 0 Å². The lowest BCUT2D eigenvalue weighted by Gasteiger charge is -2.06. The largest absolute Gasteiger partial charge is 0.457 e. The van der Waals surface area contributed by atoms with E-state index in [4.69, 9.17) is 9.47 Å². The molecule has 8 rings (SSSR count). The molecule has 2 N–H and O–H groups in total. The molecule has 8 aromatic rings. The molecule has 8 heteroatoms. The number of hydrogen-bond acceptors (Lipinski definition) is 6. The van der Waals surface area contributed by atoms with Gasteiger partial charge >= 0.3 is 0 Å². The highest BCUT2D eigenvalue weighted by molar-refractivity contribution is 5.95. The highest BCUT2D eigenvalue weighted by Crippen LogP contribution is 2.29. The van der Waals surface area contributed by atoms with Crippen molar-refractivity contribution in [1.29, 1.82) is 0 Å². The molecule has 0 amide bonds. The number of ether oxygens (including phenoxy) is 2. The van der Waals surface area contributed by atoms with E-state index >= 15 is 0 Å². The third-order valence-electron chi connectivity index (χ3n) is 6.82. The highest BCUT2D eigenvalue weighted by Gasteiger charge is 2.07. The maximum atomic E-state index is 11.0. The SMILES string of the molecule is C.O=Cc1[nH]nc2ccc(Oc3ccc4cccnc4c3)cc12.c1cnc2cc(Oc3ccc4[nH]ccc4c3)ccc2c1. The molecule has 43 heavy (non-hydrogen) atoms. The predicted octanol–water partition coefficient (Wildman–Crippen LogP) is 8.86. The van der Waals surface area contributed by atoms with Crippen LogP contribution in [0.25, 0.3) is 43.6 Å². The highest BCUT2D eigenvalue weighted by atomic mass is 16.5. The summed E-state index contributed by atoms with van der Waals surface area (Å²) >= 11 is 0. The number of aromatic amines is 2. The monoisotopic (exact) mass is 565 g/mol. The molecule has 4 aromatic carbocycles. The number of pyridine rings is 2. The predicted molar refractivity (Wildman–Crippen MR) is 170 cm³/mol. The molecule has 0 spiro atoms. The maximum absolute atomic E-state index is 11.0. The Kier molecular flexibility index (Phi) is 7.48. The van der Waals surface area contributed by atoms with Gasteiger partial charge in [-0.15, -0.1) is 0 Å². The molecule has 0 unspecified atom stereocenters. The van der Waals surface area contributed by atoms with Crippen LogP contribution in [0.3, 0.4) is 0 Å². The van der Waals surface area contributed by atoms with Crippen molar-refractivity contribution in [2.24, 2.45) is 0 Å². The van der Waals surface area contributed by atoms with Crippen LogP contribution in [0.15, 0.2) is 122 Å². The first-order valence-electron chi connectivity index (χ1n) is 13.3. The summed E-state index contributed by atoms with van der Waals surface area (Å²) in [5, 5.41) is 10.8. The van der Waals surface area contributed by atoms with E-state index in [2.05, 4.69) is 25.1 Å². The van der Waals surface area contributed by atoms with E-state index in [9.17, 15) is 4.79 Å². The number of aromatic nitrogens is 5. The Balaban J connectivity index is 0.000000150. The number of benzene rings is 4. The average Bonchev–Trinajstić information content (AvgIpc) is 3.68. The summed E-state index contributed by atoms with van der Waals surface area (Å²) in [5.41, 5.74) is 4.10. The van der Waals surface area contributed by atoms with Gasteiger partial charge in [0.2, 0.25) is 0 Å². The first kappa shape index (κ1) is 27.2. The molecule has 8 nitrogen and oxygen atoms in total. The minimum Gasteiger partial charge on any atom is -0.457 e. The molecule has 4 aromatic heterocycles. The smallest absolute Gasteiger partial charge is 0.168 e. The van der Waals surface area contributed by atoms with Crippen LogP contribution in [-0.2, 0) is 0 Å². The van der Waals surface area contributed by atoms with Crippen LogP contribution in [0, 0.1) is 0 Å². The fraction of sp³-hybridized carbons (Fsp3) is 0.0286. The lowest BCUT2D eigenvalue weighted by atomic mass is 10.2. The van der Waals surface area contributed by atoms with Crippen LogP contribution in [0.1, 0.15) is 17.9 Å². The third kappa shape index (κ3) is 5.75. The van der Waals surface area contributed by atoms with Crippen molar-refractivity contribution in [3.8, 4) is 23.0 Å². The van der Waals surface area contributed by atoms with E-state index in [0.29, 0.717) is 17.2 Å². The standard InChI is InChI=1S/C17H11N3O2.C17H12N2O.CH4/c21-10-17-14-8-12(5-6-15(14)19-20-17)22-13-4-3-11-2-1-7-18-16(11)9-13;1-2-12-3-4-15(11-17(12)18-8-1)20-14-5-6-16-13(10-14)7-9-19-16;/h1-10H,(H,19,20);1-11,19H;1H4. The molecule has 0 saturated heterocycles. The lowest BCUT2D eigenvalue weighted by Crippen LogP contribution is -1.86. The molecule has 0 aliphatic rings. The number of carbonyl (C=O) groups is 1. The van der Waals surface area contributed by atoms with Crippen molar-refractivity contribution >= 4 is 49.9 Å². The second-order valence-electron chi connectivity index (χ2n) is 9.58. The Labute approximate surface area is 247 Å². The van der Waals surface area contributed by atoms with E-state index in [1.165, 1.54) is 0 Å². The van der Waals surface area contributed by atoms with Gasteiger partial charge in [-0.1, -0.05) is 19.6 Å². The lowest BCUT2D eigenvalue weighted by molar-refractivity contribution is 0.112. The first-order valence-corrected chi connectivity index (χ1v) is 13.3. The summed E-state index contributed by atoms with van der Waals surface area (Å²) < 4.78 is 11.8. The van der Waals surface area contributed by atoms with Crippen molar-refractivity contribution in [2.75, 3.05) is 0 Å². The Morgan fingerprint density at radius 2 is 1.21 bits per heavy atom. The van der Waals surface area contributed by atoms with Gasteiger partial charge in [-0.2, -0.15) is 5.10 Å². The van der Waals surface area contributed by atoms with E-state index in [0.717, 1.165) is 61.4 Å². The molecule has 0 aliphatic heterocycles. The second-order valence-corrected chi connectivity index (χ2v) is 9.58. The van der Waals surface area contributed by atoms with E-state index in [1.807, 2.05) is 103 Å². The number of H-pyrrole nitrogens is 2. The topological polar surface area (TPSA) is 106 Å². The number of rotatable bonds is 5. The maximum Gasteiger partial charge on any atom is 0.168 e. The van der Waals surface area contributed by atoms with Crippen molar-refractivity contribution < 1.29 is 14.3 Å². The van der Waals surface area contributed by atoms with Gasteiger partial charge in [0, 0.05) is 57.8 Å². The Morgan fingerprint density at radius 1 is 0.605 bits per heavy atom. The van der Waals surface area contributed by atoms with Crippen LogP contribution in [0.2, 0.25) is 0 Å². The molecule has 0 aliphatic carbocycles. The zero-order valence-electron chi connectivity index (χ0n) is 22.2. The van der Waals surface area contributed by atoms with Crippen molar-refractivity contribution in [1.82, 2.24) is 25.1 Å². The van der Waals surface area contributed by atoms with Gasteiger partial charge in [0.15, 0.2) is 6.29 Å². The Hall–Kier alpha value is -6.02. The summed E-state index contributed by atoms with van der Waals surface area (Å²) in [4.78, 5) is 22.8. The van der Waals surface area contributed by atoms with Gasteiger partial charge in [-0.25, -0.2) is 0 Å². The van der Waals surface area contributed by atoms with Gasteiger partial charge in [0.1, 0.15) is 28.7 Å². The zero-order chi connectivity index (χ0) is 28.3. The number of carbonyl (C=O) groups excluding carboxylic acids is 1. The zero-order valence-corrected chi connectivity index (χ0v) is 22.2. The molecule has 0 radical (unpaired) electrons. The van der Waals surface area contributed by atoms with Crippen molar-refractivity contribution in [3.05, 3.63) is 127 Å². The van der Waals surface area contributed by atoms with Crippen molar-refractivity contribution in [2.45, 2.75) is 7.43 Å². The first-order chi connectivity index (χ1) is 20.7. The molecule has 4 heterocycles. The minimum atomic E-state index is 0. The second kappa shape index (κ2) is 11.8. The molecular formula is C35H27N5O3. The van der Waals surface area contributed by atoms with Crippen molar-refractivity contribution in [3.63, 3.8) is 0 Å². The molecule has 210 valence electrons. The summed E-state index contributed by atoms with van der Waals surface area (Å²) in [7, 11) is 0. The summed E-state index contributed by atoms with van der Waals surface area (Å²) in [5.74, 6) is 2.97. The fourth-order valence-corrected chi connectivity index (χ4v) is 4.75. The quantitative estimate of drug-likeness (QED) is 0.202. The molecular weight excluding hydrogens is 538 g/mol. The van der Waals surface area contributed by atoms with Gasteiger partial charge in [0.25, 0.3) is 0 Å². The average molecular weight is 566 g/mol. The van der Waals surface area contributed by atoms with Gasteiger partial charge in [-0.05, 0) is 78.9 Å². The van der Waals surface area contributed by atoms with E-state index < -0.39 is 0 Å². The molecule has 0 fully saturated rings. The number of nitrogens with one attached hydrogen (secondary N) is 2. The third-order valence-corrected chi connectivity index (χ3v) is 6.82. The van der Waals surface area contributed by atoms with Gasteiger partial charge in [-0.3, -0.25) is 19.9 Å². The van der Waals surface area contributed by atoms with Crippen LogP contribution in [0.5, 0.6) is 23.0 Å². The summed E-state index contributed by atoms with van der Waals surface area (Å²) in [6.07, 6.45) is 6.21. The van der Waals surface area contributed by atoms with Gasteiger partial charge in [0.05, 0.1) is 16.6 Å². The van der Waals surface area contributed by atoms with E-state index in [1.54, 1.807) is 18.5 Å². The fourth-order valence-electron chi connectivity index (χ4n) is 4.75. The molecule has 0 bridgehead atoms. The summed E-state index contributed by atoms with van der Waals surface area (Å²) in [6, 6.07) is 33.0. The van der Waals surface area contributed by atoms with Crippen LogP contribution in [-0.4, -0.2) is 31.4 Å². The van der Waals surface area contributed by atoms with Gasteiger partial charge < -0.3 is 14.5 Å². The molecule has 0 saturated carbocycles. The Bertz CT molecular complexity index is 2200. The number of hydrogen-bond donors (Lipinski definition) is 2. The number of aldehydes is 1.